The average Bonchev–Trinajstić information content (AvgIpc) is 2.38. The second kappa shape index (κ2) is 5.41. The summed E-state index contributed by atoms with van der Waals surface area (Å²) in [5.41, 5.74) is -0.226. The maximum Gasteiger partial charge on any atom is 0.335 e. The van der Waals surface area contributed by atoms with Gasteiger partial charge in [-0.1, -0.05) is 11.8 Å². The van der Waals surface area contributed by atoms with Crippen LogP contribution in [0.15, 0.2) is 36.4 Å². The number of carboxylic acid groups (broad SMARTS) is 1. The van der Waals surface area contributed by atoms with Crippen molar-refractivity contribution in [2.75, 3.05) is 0 Å². The van der Waals surface area contributed by atoms with Crippen LogP contribution in [0.25, 0.3) is 0 Å². The fourth-order valence-electron chi connectivity index (χ4n) is 1.49. The number of aromatic carboxylic acids is 1. The number of benzene rings is 2. The molecule has 0 heterocycles. The first-order chi connectivity index (χ1) is 9.47. The number of carbonyl (C=O) groups is 1. The maximum atomic E-state index is 13.6. The van der Waals surface area contributed by atoms with E-state index in [1.165, 1.54) is 24.3 Å². The van der Waals surface area contributed by atoms with Gasteiger partial charge in [0.15, 0.2) is 0 Å². The molecule has 100 valence electrons. The summed E-state index contributed by atoms with van der Waals surface area (Å²) < 4.78 is 27.0. The molecule has 2 aromatic carbocycles. The lowest BCUT2D eigenvalue weighted by molar-refractivity contribution is 0.0696. The van der Waals surface area contributed by atoms with Crippen LogP contribution >= 0.6 is 0 Å². The first-order valence-electron chi connectivity index (χ1n) is 5.51. The van der Waals surface area contributed by atoms with Gasteiger partial charge in [-0.2, -0.15) is 0 Å². The van der Waals surface area contributed by atoms with Crippen molar-refractivity contribution in [1.29, 1.82) is 0 Å². The lowest BCUT2D eigenvalue weighted by Gasteiger charge is -1.98. The first kappa shape index (κ1) is 13.6. The molecule has 0 saturated carbocycles. The number of hydrogen-bond acceptors (Lipinski definition) is 2. The minimum Gasteiger partial charge on any atom is -0.508 e. The molecule has 0 radical (unpaired) electrons. The molecule has 0 aliphatic heterocycles. The van der Waals surface area contributed by atoms with E-state index in [4.69, 9.17) is 10.2 Å². The average molecular weight is 274 g/mol. The summed E-state index contributed by atoms with van der Waals surface area (Å²) in [4.78, 5) is 10.6. The molecule has 2 N–H and O–H groups in total. The quantitative estimate of drug-likeness (QED) is 0.786. The fourth-order valence-corrected chi connectivity index (χ4v) is 1.49. The second-order valence-corrected chi connectivity index (χ2v) is 3.91. The Kier molecular flexibility index (Phi) is 3.67. The molecule has 0 aliphatic carbocycles. The SMILES string of the molecule is O=C(O)c1ccc(C#Cc2ccc(O)cc2F)c(F)c1. The molecule has 2 aromatic rings. The summed E-state index contributed by atoms with van der Waals surface area (Å²) >= 11 is 0. The van der Waals surface area contributed by atoms with E-state index >= 15 is 0 Å². The Morgan fingerprint density at radius 2 is 1.50 bits per heavy atom. The zero-order valence-electron chi connectivity index (χ0n) is 10.0. The lowest BCUT2D eigenvalue weighted by atomic mass is 10.1. The predicted octanol–water partition coefficient (Wildman–Crippen LogP) is 2.77. The normalized spacial score (nSPS) is 9.70. The molecule has 20 heavy (non-hydrogen) atoms. The van der Waals surface area contributed by atoms with Crippen molar-refractivity contribution in [3.05, 3.63) is 64.7 Å². The van der Waals surface area contributed by atoms with E-state index < -0.39 is 17.6 Å². The molecule has 0 bridgehead atoms. The van der Waals surface area contributed by atoms with Crippen molar-refractivity contribution in [1.82, 2.24) is 0 Å². The number of rotatable bonds is 1. The molecule has 3 nitrogen and oxygen atoms in total. The molecule has 0 aliphatic rings. The Bertz CT molecular complexity index is 743. The standard InChI is InChI=1S/C15H8F2O3/c16-13-7-11(15(19)20)4-3-9(13)1-2-10-5-6-12(18)8-14(10)17/h3-8,18H,(H,19,20). The summed E-state index contributed by atoms with van der Waals surface area (Å²) in [5.74, 6) is 1.85. The van der Waals surface area contributed by atoms with E-state index in [0.29, 0.717) is 0 Å². The third kappa shape index (κ3) is 2.93. The zero-order valence-corrected chi connectivity index (χ0v) is 10.0. The van der Waals surface area contributed by atoms with Gasteiger partial charge in [0.05, 0.1) is 16.7 Å². The molecule has 0 spiro atoms. The van der Waals surface area contributed by atoms with E-state index in [1.807, 2.05) is 0 Å². The van der Waals surface area contributed by atoms with E-state index in [0.717, 1.165) is 12.1 Å². The van der Waals surface area contributed by atoms with Gasteiger partial charge in [0.2, 0.25) is 0 Å². The van der Waals surface area contributed by atoms with Gasteiger partial charge in [-0.25, -0.2) is 13.6 Å². The summed E-state index contributed by atoms with van der Waals surface area (Å²) in [5, 5.41) is 17.7. The van der Waals surface area contributed by atoms with Crippen molar-refractivity contribution in [3.8, 4) is 17.6 Å². The molecule has 0 fully saturated rings. The molecule has 2 rings (SSSR count). The monoisotopic (exact) mass is 274 g/mol. The number of aromatic hydroxyl groups is 1. The van der Waals surface area contributed by atoms with Gasteiger partial charge in [0, 0.05) is 6.07 Å². The Labute approximate surface area is 113 Å². The maximum absolute atomic E-state index is 13.6. The topological polar surface area (TPSA) is 57.5 Å². The van der Waals surface area contributed by atoms with Crippen molar-refractivity contribution < 1.29 is 23.8 Å². The second-order valence-electron chi connectivity index (χ2n) is 3.91. The van der Waals surface area contributed by atoms with E-state index in [-0.39, 0.29) is 22.4 Å². The highest BCUT2D eigenvalue weighted by Crippen LogP contribution is 2.15. The number of hydrogen-bond donors (Lipinski definition) is 2. The number of halogens is 2. The minimum absolute atomic E-state index is 0.00418. The van der Waals surface area contributed by atoms with Crippen LogP contribution in [-0.2, 0) is 0 Å². The minimum atomic E-state index is -1.24. The summed E-state index contributed by atoms with van der Waals surface area (Å²) in [6, 6.07) is 6.69. The zero-order chi connectivity index (χ0) is 14.7. The Morgan fingerprint density at radius 3 is 2.00 bits per heavy atom. The summed E-state index contributed by atoms with van der Waals surface area (Å²) in [6.07, 6.45) is 0. The predicted molar refractivity (Wildman–Crippen MR) is 67.4 cm³/mol. The van der Waals surface area contributed by atoms with Gasteiger partial charge in [-0.15, -0.1) is 0 Å². The van der Waals surface area contributed by atoms with Gasteiger partial charge in [0.25, 0.3) is 0 Å². The van der Waals surface area contributed by atoms with Crippen molar-refractivity contribution in [3.63, 3.8) is 0 Å². The first-order valence-corrected chi connectivity index (χ1v) is 5.51. The largest absolute Gasteiger partial charge is 0.508 e. The van der Waals surface area contributed by atoms with Crippen LogP contribution in [-0.4, -0.2) is 16.2 Å². The lowest BCUT2D eigenvalue weighted by Crippen LogP contribution is -1.97. The highest BCUT2D eigenvalue weighted by atomic mass is 19.1. The van der Waals surface area contributed by atoms with Gasteiger partial charge in [0.1, 0.15) is 17.4 Å². The van der Waals surface area contributed by atoms with E-state index in [2.05, 4.69) is 11.8 Å². The highest BCUT2D eigenvalue weighted by molar-refractivity contribution is 5.87. The highest BCUT2D eigenvalue weighted by Gasteiger charge is 2.07. The van der Waals surface area contributed by atoms with Crippen LogP contribution in [0.2, 0.25) is 0 Å². The van der Waals surface area contributed by atoms with Crippen LogP contribution in [0.1, 0.15) is 21.5 Å². The van der Waals surface area contributed by atoms with E-state index in [1.54, 1.807) is 0 Å². The smallest absolute Gasteiger partial charge is 0.335 e. The Hall–Kier alpha value is -2.87. The summed E-state index contributed by atoms with van der Waals surface area (Å²) in [6.45, 7) is 0. The molecule has 5 heteroatoms. The van der Waals surface area contributed by atoms with Crippen molar-refractivity contribution in [2.45, 2.75) is 0 Å². The van der Waals surface area contributed by atoms with Crippen LogP contribution in [0.5, 0.6) is 5.75 Å². The van der Waals surface area contributed by atoms with Crippen molar-refractivity contribution in [2.24, 2.45) is 0 Å². The molecular weight excluding hydrogens is 266 g/mol. The van der Waals surface area contributed by atoms with E-state index in [9.17, 15) is 13.6 Å². The third-order valence-corrected chi connectivity index (χ3v) is 2.50. The number of phenols is 1. The van der Waals surface area contributed by atoms with Gasteiger partial charge in [-0.05, 0) is 30.3 Å². The van der Waals surface area contributed by atoms with Crippen molar-refractivity contribution >= 4 is 5.97 Å². The van der Waals surface area contributed by atoms with Gasteiger partial charge in [-0.3, -0.25) is 0 Å². The summed E-state index contributed by atoms with van der Waals surface area (Å²) in [7, 11) is 0. The molecule has 0 atom stereocenters. The number of phenolic OH excluding ortho intramolecular Hbond substituents is 1. The molecule has 0 saturated heterocycles. The van der Waals surface area contributed by atoms with Crippen LogP contribution in [0.3, 0.4) is 0 Å². The molecule has 0 unspecified atom stereocenters. The van der Waals surface area contributed by atoms with Crippen LogP contribution in [0, 0.1) is 23.5 Å². The Morgan fingerprint density at radius 1 is 0.950 bits per heavy atom. The fraction of sp³-hybridized carbons (Fsp3) is 0. The third-order valence-electron chi connectivity index (χ3n) is 2.50. The molecule has 0 amide bonds. The molecule has 0 aromatic heterocycles. The van der Waals surface area contributed by atoms with Crippen LogP contribution < -0.4 is 0 Å². The van der Waals surface area contributed by atoms with Gasteiger partial charge < -0.3 is 10.2 Å². The molecular formula is C15H8F2O3. The van der Waals surface area contributed by atoms with Gasteiger partial charge >= 0.3 is 5.97 Å². The number of carboxylic acids is 1. The Balaban J connectivity index is 2.36. The van der Waals surface area contributed by atoms with Crippen LogP contribution in [0.4, 0.5) is 8.78 Å².